The van der Waals surface area contributed by atoms with E-state index in [0.29, 0.717) is 12.1 Å². The summed E-state index contributed by atoms with van der Waals surface area (Å²) in [5.74, 6) is 0.936. The van der Waals surface area contributed by atoms with E-state index in [0.717, 1.165) is 38.2 Å². The summed E-state index contributed by atoms with van der Waals surface area (Å²) in [5, 5.41) is 3.72. The van der Waals surface area contributed by atoms with Gasteiger partial charge in [-0.05, 0) is 45.4 Å². The lowest BCUT2D eigenvalue weighted by atomic mass is 9.87. The number of nitrogens with zero attached hydrogens (tertiary/aromatic N) is 1. The zero-order valence-electron chi connectivity index (χ0n) is 12.3. The molecule has 1 aliphatic carbocycles. The summed E-state index contributed by atoms with van der Waals surface area (Å²) >= 11 is 0. The number of morpholine rings is 1. The van der Waals surface area contributed by atoms with E-state index in [4.69, 9.17) is 4.74 Å². The Morgan fingerprint density at radius 2 is 1.94 bits per heavy atom. The van der Waals surface area contributed by atoms with Crippen LogP contribution < -0.4 is 5.32 Å². The van der Waals surface area contributed by atoms with Gasteiger partial charge in [-0.25, -0.2) is 0 Å². The minimum absolute atomic E-state index is 0.389. The van der Waals surface area contributed by atoms with Crippen molar-refractivity contribution < 1.29 is 4.74 Å². The van der Waals surface area contributed by atoms with Crippen LogP contribution in [0.15, 0.2) is 0 Å². The van der Waals surface area contributed by atoms with Gasteiger partial charge in [0.2, 0.25) is 0 Å². The Morgan fingerprint density at radius 3 is 2.61 bits per heavy atom. The summed E-state index contributed by atoms with van der Waals surface area (Å²) in [7, 11) is 0. The van der Waals surface area contributed by atoms with Crippen molar-refractivity contribution in [1.29, 1.82) is 0 Å². The number of nitrogens with one attached hydrogen (secondary N) is 1. The Morgan fingerprint density at radius 1 is 1.22 bits per heavy atom. The molecule has 18 heavy (non-hydrogen) atoms. The normalized spacial score (nSPS) is 35.0. The number of hydrogen-bond acceptors (Lipinski definition) is 3. The number of hydrogen-bond donors (Lipinski definition) is 1. The Kier molecular flexibility index (Phi) is 5.46. The first-order valence-corrected chi connectivity index (χ1v) is 7.74. The van der Waals surface area contributed by atoms with Crippen LogP contribution in [0.4, 0.5) is 0 Å². The molecule has 1 aliphatic heterocycles. The van der Waals surface area contributed by atoms with Crippen molar-refractivity contribution in [3.63, 3.8) is 0 Å². The molecule has 0 aromatic rings. The molecule has 0 amide bonds. The maximum absolute atomic E-state index is 5.87. The third-order valence-corrected chi connectivity index (χ3v) is 4.55. The molecule has 1 saturated heterocycles. The lowest BCUT2D eigenvalue weighted by Gasteiger charge is -2.36. The third-order valence-electron chi connectivity index (χ3n) is 4.55. The molecule has 1 N–H and O–H groups in total. The molecule has 0 spiro atoms. The fraction of sp³-hybridized carbons (Fsp3) is 1.00. The lowest BCUT2D eigenvalue weighted by molar-refractivity contribution is -0.0386. The van der Waals surface area contributed by atoms with Crippen LogP contribution in [0.2, 0.25) is 0 Å². The van der Waals surface area contributed by atoms with Crippen LogP contribution in [0.5, 0.6) is 0 Å². The first-order valence-electron chi connectivity index (χ1n) is 7.74. The highest BCUT2D eigenvalue weighted by Crippen LogP contribution is 2.23. The summed E-state index contributed by atoms with van der Waals surface area (Å²) in [4.78, 5) is 2.53. The van der Waals surface area contributed by atoms with E-state index in [1.165, 1.54) is 25.7 Å². The Bertz CT molecular complexity index is 237. The van der Waals surface area contributed by atoms with Crippen LogP contribution in [-0.4, -0.2) is 49.3 Å². The van der Waals surface area contributed by atoms with Gasteiger partial charge < -0.3 is 10.1 Å². The zero-order valence-corrected chi connectivity index (χ0v) is 12.3. The smallest absolute Gasteiger partial charge is 0.0826 e. The van der Waals surface area contributed by atoms with Gasteiger partial charge in [-0.2, -0.15) is 0 Å². The molecule has 3 heteroatoms. The van der Waals surface area contributed by atoms with Gasteiger partial charge in [0.15, 0.2) is 0 Å². The van der Waals surface area contributed by atoms with Crippen molar-refractivity contribution >= 4 is 0 Å². The molecule has 2 aliphatic rings. The van der Waals surface area contributed by atoms with E-state index in [1.54, 1.807) is 0 Å². The molecule has 2 fully saturated rings. The summed E-state index contributed by atoms with van der Waals surface area (Å²) in [6, 6.07) is 1.38. The second-order valence-corrected chi connectivity index (χ2v) is 6.45. The minimum Gasteiger partial charge on any atom is -0.374 e. The molecule has 3 nitrogen and oxygen atoms in total. The van der Waals surface area contributed by atoms with Crippen molar-refractivity contribution in [3.05, 3.63) is 0 Å². The first kappa shape index (κ1) is 14.3. The van der Waals surface area contributed by atoms with Crippen LogP contribution in [0.25, 0.3) is 0 Å². The topological polar surface area (TPSA) is 24.5 Å². The van der Waals surface area contributed by atoms with E-state index in [9.17, 15) is 0 Å². The summed E-state index contributed by atoms with van der Waals surface area (Å²) in [6.07, 6.45) is 5.87. The fourth-order valence-electron chi connectivity index (χ4n) is 3.10. The van der Waals surface area contributed by atoms with Gasteiger partial charge in [0, 0.05) is 31.7 Å². The quantitative estimate of drug-likeness (QED) is 0.833. The van der Waals surface area contributed by atoms with Crippen molar-refractivity contribution in [2.45, 2.75) is 64.6 Å². The fourth-order valence-corrected chi connectivity index (χ4v) is 3.10. The number of ether oxygens (including phenoxy) is 1. The molecule has 0 aromatic heterocycles. The highest BCUT2D eigenvalue weighted by Gasteiger charge is 2.24. The maximum Gasteiger partial charge on any atom is 0.0826 e. The van der Waals surface area contributed by atoms with E-state index in [1.807, 2.05) is 0 Å². The predicted octanol–water partition coefficient (Wildman–Crippen LogP) is 2.26. The molecular weight excluding hydrogens is 224 g/mol. The monoisotopic (exact) mass is 254 g/mol. The van der Waals surface area contributed by atoms with Crippen molar-refractivity contribution in [3.8, 4) is 0 Å². The van der Waals surface area contributed by atoms with Crippen LogP contribution in [0.1, 0.15) is 46.5 Å². The van der Waals surface area contributed by atoms with Crippen molar-refractivity contribution in [2.24, 2.45) is 5.92 Å². The zero-order chi connectivity index (χ0) is 13.0. The van der Waals surface area contributed by atoms with Crippen molar-refractivity contribution in [2.75, 3.05) is 26.2 Å². The molecule has 0 radical (unpaired) electrons. The highest BCUT2D eigenvalue weighted by molar-refractivity contribution is 4.80. The molecule has 2 rings (SSSR count). The van der Waals surface area contributed by atoms with Gasteiger partial charge in [0.1, 0.15) is 0 Å². The molecule has 1 atom stereocenters. The molecule has 106 valence electrons. The second kappa shape index (κ2) is 6.88. The summed E-state index contributed by atoms with van der Waals surface area (Å²) in [5.41, 5.74) is 0. The average molecular weight is 254 g/mol. The standard InChI is InChI=1S/C15H30N2O/c1-12(2)17-8-9-18-15(11-17)10-16-14-6-4-13(3)5-7-14/h12-16H,4-11H2,1-3H3. The second-order valence-electron chi connectivity index (χ2n) is 6.45. The molecule has 1 heterocycles. The van der Waals surface area contributed by atoms with Gasteiger partial charge >= 0.3 is 0 Å². The maximum atomic E-state index is 5.87. The predicted molar refractivity (Wildman–Crippen MR) is 75.9 cm³/mol. The largest absolute Gasteiger partial charge is 0.374 e. The molecule has 0 aromatic carbocycles. The van der Waals surface area contributed by atoms with E-state index in [-0.39, 0.29) is 0 Å². The Hall–Kier alpha value is -0.120. The van der Waals surface area contributed by atoms with E-state index in [2.05, 4.69) is 31.0 Å². The first-order chi connectivity index (χ1) is 8.65. The molecule has 1 saturated carbocycles. The molecular formula is C15H30N2O. The summed E-state index contributed by atoms with van der Waals surface area (Å²) < 4.78 is 5.87. The van der Waals surface area contributed by atoms with Crippen LogP contribution >= 0.6 is 0 Å². The molecule has 0 bridgehead atoms. The Balaban J connectivity index is 1.67. The average Bonchev–Trinajstić information content (AvgIpc) is 2.38. The van der Waals surface area contributed by atoms with Crippen LogP contribution in [0.3, 0.4) is 0 Å². The molecule has 1 unspecified atom stereocenters. The Labute approximate surface area is 112 Å². The van der Waals surface area contributed by atoms with Crippen LogP contribution in [-0.2, 0) is 4.74 Å². The minimum atomic E-state index is 0.389. The SMILES string of the molecule is CC1CCC(NCC2CN(C(C)C)CCO2)CC1. The summed E-state index contributed by atoms with van der Waals surface area (Å²) in [6.45, 7) is 11.0. The van der Waals surface area contributed by atoms with E-state index >= 15 is 0 Å². The van der Waals surface area contributed by atoms with Gasteiger partial charge in [0.05, 0.1) is 12.7 Å². The van der Waals surface area contributed by atoms with Gasteiger partial charge in [-0.15, -0.1) is 0 Å². The van der Waals surface area contributed by atoms with Gasteiger partial charge in [-0.3, -0.25) is 4.90 Å². The van der Waals surface area contributed by atoms with Crippen LogP contribution in [0, 0.1) is 5.92 Å². The van der Waals surface area contributed by atoms with Gasteiger partial charge in [0.25, 0.3) is 0 Å². The lowest BCUT2D eigenvalue weighted by Crippen LogP contribution is -2.50. The van der Waals surface area contributed by atoms with E-state index < -0.39 is 0 Å². The third kappa shape index (κ3) is 4.22. The van der Waals surface area contributed by atoms with Gasteiger partial charge in [-0.1, -0.05) is 6.92 Å². The highest BCUT2D eigenvalue weighted by atomic mass is 16.5. The number of rotatable bonds is 4. The van der Waals surface area contributed by atoms with Crippen molar-refractivity contribution in [1.82, 2.24) is 10.2 Å².